The maximum absolute atomic E-state index is 3.85. The largest absolute Gasteiger partial charge is 0.308 e. The number of hydrogen-bond donors (Lipinski definition) is 2. The Morgan fingerprint density at radius 2 is 1.15 bits per heavy atom. The van der Waals surface area contributed by atoms with E-state index in [1.807, 2.05) is 23.5 Å². The van der Waals surface area contributed by atoms with Gasteiger partial charge < -0.3 is 10.6 Å². The summed E-state index contributed by atoms with van der Waals surface area (Å²) in [6.07, 6.45) is 9.52. The third kappa shape index (κ3) is 5.29. The van der Waals surface area contributed by atoms with Gasteiger partial charge in [0.2, 0.25) is 0 Å². The van der Waals surface area contributed by atoms with Gasteiger partial charge in [-0.15, -0.1) is 23.5 Å². The number of rotatable bonds is 8. The van der Waals surface area contributed by atoms with Gasteiger partial charge >= 0.3 is 0 Å². The molecule has 0 aromatic heterocycles. The first-order valence-electron chi connectivity index (χ1n) is 9.52. The number of benzene rings is 2. The second-order valence-electron chi connectivity index (χ2n) is 6.88. The molecule has 0 amide bonds. The molecular weight excluding hydrogens is 356 g/mol. The van der Waals surface area contributed by atoms with Crippen molar-refractivity contribution in [1.29, 1.82) is 0 Å². The van der Waals surface area contributed by atoms with E-state index in [9.17, 15) is 0 Å². The van der Waals surface area contributed by atoms with Gasteiger partial charge in [-0.25, -0.2) is 0 Å². The fourth-order valence-corrected chi connectivity index (χ4v) is 5.03. The highest BCUT2D eigenvalue weighted by atomic mass is 32.2. The Kier molecular flexibility index (Phi) is 7.93. The maximum atomic E-state index is 3.85. The van der Waals surface area contributed by atoms with E-state index in [1.54, 1.807) is 0 Å². The SMILES string of the molecule is CSc1ccccc1CNC1CCCCC1NCc1ccccc1SC. The zero-order chi connectivity index (χ0) is 18.2. The first-order chi connectivity index (χ1) is 12.8. The highest BCUT2D eigenvalue weighted by Crippen LogP contribution is 2.24. The Morgan fingerprint density at radius 3 is 1.58 bits per heavy atom. The Bertz CT molecular complexity index is 630. The van der Waals surface area contributed by atoms with Gasteiger partial charge in [-0.05, 0) is 48.6 Å². The van der Waals surface area contributed by atoms with Crippen LogP contribution in [0.3, 0.4) is 0 Å². The average molecular weight is 387 g/mol. The lowest BCUT2D eigenvalue weighted by atomic mass is 9.90. The first kappa shape index (κ1) is 19.8. The van der Waals surface area contributed by atoms with E-state index in [4.69, 9.17) is 0 Å². The van der Waals surface area contributed by atoms with Crippen LogP contribution in [0.4, 0.5) is 0 Å². The Hall–Kier alpha value is -0.940. The lowest BCUT2D eigenvalue weighted by Crippen LogP contribution is -2.49. The summed E-state index contributed by atoms with van der Waals surface area (Å²) in [5.74, 6) is 0. The molecule has 1 fully saturated rings. The van der Waals surface area contributed by atoms with Crippen LogP contribution in [0.15, 0.2) is 58.3 Å². The van der Waals surface area contributed by atoms with Crippen molar-refractivity contribution < 1.29 is 0 Å². The van der Waals surface area contributed by atoms with Crippen molar-refractivity contribution in [2.75, 3.05) is 12.5 Å². The molecular formula is C22H30N2S2. The van der Waals surface area contributed by atoms with Crippen molar-refractivity contribution in [2.45, 2.75) is 60.6 Å². The van der Waals surface area contributed by atoms with Gasteiger partial charge in [0.1, 0.15) is 0 Å². The predicted octanol–water partition coefficient (Wildman–Crippen LogP) is 5.32. The molecule has 2 aromatic rings. The Labute approximate surface area is 166 Å². The third-order valence-corrected chi connectivity index (χ3v) is 6.94. The maximum Gasteiger partial charge on any atom is 0.0224 e. The van der Waals surface area contributed by atoms with Gasteiger partial charge in [0, 0.05) is 35.0 Å². The van der Waals surface area contributed by atoms with Gasteiger partial charge in [0.15, 0.2) is 0 Å². The zero-order valence-electron chi connectivity index (χ0n) is 15.8. The molecule has 2 atom stereocenters. The van der Waals surface area contributed by atoms with Gasteiger partial charge in [0.25, 0.3) is 0 Å². The molecule has 1 aliphatic rings. The van der Waals surface area contributed by atoms with Crippen molar-refractivity contribution >= 4 is 23.5 Å². The van der Waals surface area contributed by atoms with Gasteiger partial charge in [-0.1, -0.05) is 49.2 Å². The summed E-state index contributed by atoms with van der Waals surface area (Å²) in [7, 11) is 0. The van der Waals surface area contributed by atoms with E-state index in [1.165, 1.54) is 46.6 Å². The smallest absolute Gasteiger partial charge is 0.0224 e. The molecule has 1 saturated carbocycles. The van der Waals surface area contributed by atoms with Crippen molar-refractivity contribution in [3.63, 3.8) is 0 Å². The zero-order valence-corrected chi connectivity index (χ0v) is 17.5. The summed E-state index contributed by atoms with van der Waals surface area (Å²) in [5.41, 5.74) is 2.83. The molecule has 3 rings (SSSR count). The summed E-state index contributed by atoms with van der Waals surface area (Å²) in [6, 6.07) is 18.6. The normalized spacial score (nSPS) is 20.2. The third-order valence-electron chi connectivity index (χ3n) is 5.26. The molecule has 0 radical (unpaired) electrons. The molecule has 26 heavy (non-hydrogen) atoms. The molecule has 140 valence electrons. The molecule has 0 bridgehead atoms. The monoisotopic (exact) mass is 386 g/mol. The molecule has 0 saturated heterocycles. The van der Waals surface area contributed by atoms with Crippen LogP contribution in [0, 0.1) is 0 Å². The van der Waals surface area contributed by atoms with E-state index in [2.05, 4.69) is 71.7 Å². The summed E-state index contributed by atoms with van der Waals surface area (Å²) in [5, 5.41) is 7.69. The van der Waals surface area contributed by atoms with E-state index in [-0.39, 0.29) is 0 Å². The van der Waals surface area contributed by atoms with Crippen LogP contribution in [0.5, 0.6) is 0 Å². The van der Waals surface area contributed by atoms with Gasteiger partial charge in [-0.2, -0.15) is 0 Å². The molecule has 2 unspecified atom stereocenters. The Morgan fingerprint density at radius 1 is 0.731 bits per heavy atom. The minimum atomic E-state index is 0.556. The number of nitrogens with one attached hydrogen (secondary N) is 2. The van der Waals surface area contributed by atoms with E-state index in [0.29, 0.717) is 12.1 Å². The first-order valence-corrected chi connectivity index (χ1v) is 12.0. The highest BCUT2D eigenvalue weighted by Gasteiger charge is 2.24. The average Bonchev–Trinajstić information content (AvgIpc) is 2.71. The number of thioether (sulfide) groups is 2. The second kappa shape index (κ2) is 10.4. The summed E-state index contributed by atoms with van der Waals surface area (Å²) < 4.78 is 0. The molecule has 0 heterocycles. The summed E-state index contributed by atoms with van der Waals surface area (Å²) >= 11 is 3.67. The van der Waals surface area contributed by atoms with Crippen molar-refractivity contribution in [1.82, 2.24) is 10.6 Å². The summed E-state index contributed by atoms with van der Waals surface area (Å²) in [6.45, 7) is 1.92. The fraction of sp³-hybridized carbons (Fsp3) is 0.455. The quantitative estimate of drug-likeness (QED) is 0.600. The molecule has 2 N–H and O–H groups in total. The highest BCUT2D eigenvalue weighted by molar-refractivity contribution is 7.98. The predicted molar refractivity (Wildman–Crippen MR) is 116 cm³/mol. The van der Waals surface area contributed by atoms with Crippen LogP contribution in [0.2, 0.25) is 0 Å². The topological polar surface area (TPSA) is 24.1 Å². The standard InChI is InChI=1S/C22H30N2S2/c1-25-21-13-7-3-9-17(21)15-23-19-11-5-6-12-20(19)24-16-18-10-4-8-14-22(18)26-2/h3-4,7-10,13-14,19-20,23-24H,5-6,11-12,15-16H2,1-2H3. The minimum Gasteiger partial charge on any atom is -0.308 e. The van der Waals surface area contributed by atoms with Gasteiger partial charge in [0.05, 0.1) is 0 Å². The lowest BCUT2D eigenvalue weighted by Gasteiger charge is -2.33. The number of hydrogen-bond acceptors (Lipinski definition) is 4. The second-order valence-corrected chi connectivity index (χ2v) is 8.58. The van der Waals surface area contributed by atoms with Gasteiger partial charge in [-0.3, -0.25) is 0 Å². The molecule has 0 spiro atoms. The van der Waals surface area contributed by atoms with Crippen LogP contribution in [0.1, 0.15) is 36.8 Å². The van der Waals surface area contributed by atoms with E-state index < -0.39 is 0 Å². The lowest BCUT2D eigenvalue weighted by molar-refractivity contribution is 0.280. The van der Waals surface area contributed by atoms with Crippen LogP contribution >= 0.6 is 23.5 Å². The van der Waals surface area contributed by atoms with E-state index >= 15 is 0 Å². The molecule has 2 nitrogen and oxygen atoms in total. The van der Waals surface area contributed by atoms with Crippen LogP contribution < -0.4 is 10.6 Å². The fourth-order valence-electron chi connectivity index (χ4n) is 3.80. The molecule has 1 aliphatic carbocycles. The molecule has 2 aromatic carbocycles. The van der Waals surface area contributed by atoms with E-state index in [0.717, 1.165) is 13.1 Å². The van der Waals surface area contributed by atoms with Crippen molar-refractivity contribution in [3.05, 3.63) is 59.7 Å². The van der Waals surface area contributed by atoms with Crippen LogP contribution in [-0.4, -0.2) is 24.6 Å². The summed E-state index contributed by atoms with van der Waals surface area (Å²) in [4.78, 5) is 2.77. The molecule has 0 aliphatic heterocycles. The van der Waals surface area contributed by atoms with Crippen molar-refractivity contribution in [3.8, 4) is 0 Å². The van der Waals surface area contributed by atoms with Crippen molar-refractivity contribution in [2.24, 2.45) is 0 Å². The molecule has 4 heteroatoms. The Balaban J connectivity index is 1.59. The van der Waals surface area contributed by atoms with Crippen LogP contribution in [0.25, 0.3) is 0 Å². The van der Waals surface area contributed by atoms with Crippen LogP contribution in [-0.2, 0) is 13.1 Å². The minimum absolute atomic E-state index is 0.556.